The lowest BCUT2D eigenvalue weighted by atomic mass is 10.1. The Morgan fingerprint density at radius 1 is 1.15 bits per heavy atom. The number of benzene rings is 2. The summed E-state index contributed by atoms with van der Waals surface area (Å²) in [5.41, 5.74) is 2.08. The summed E-state index contributed by atoms with van der Waals surface area (Å²) in [4.78, 5) is -0.400. The maximum atomic E-state index is 14.4. The predicted octanol–water partition coefficient (Wildman–Crippen LogP) is 4.50. The summed E-state index contributed by atoms with van der Waals surface area (Å²) in [5, 5.41) is 0. The molecule has 27 heavy (non-hydrogen) atoms. The molecule has 7 heteroatoms. The Kier molecular flexibility index (Phi) is 5.27. The number of nitrogens with zero attached hydrogens (tertiary/aromatic N) is 1. The zero-order valence-electron chi connectivity index (χ0n) is 15.8. The number of hydrogen-bond acceptors (Lipinski definition) is 3. The van der Waals surface area contributed by atoms with Crippen LogP contribution in [0.2, 0.25) is 0 Å². The summed E-state index contributed by atoms with van der Waals surface area (Å²) < 4.78 is 61.5. The summed E-state index contributed by atoms with van der Waals surface area (Å²) in [5.74, 6) is -1.78. The fourth-order valence-corrected chi connectivity index (χ4v) is 4.82. The molecule has 1 heterocycles. The van der Waals surface area contributed by atoms with Crippen molar-refractivity contribution < 1.29 is 21.9 Å². The molecule has 4 nitrogen and oxygen atoms in total. The van der Waals surface area contributed by atoms with Crippen LogP contribution in [-0.4, -0.2) is 21.6 Å². The van der Waals surface area contributed by atoms with E-state index < -0.39 is 32.7 Å². The van der Waals surface area contributed by atoms with E-state index in [-0.39, 0.29) is 24.6 Å². The highest BCUT2D eigenvalue weighted by Crippen LogP contribution is 2.36. The van der Waals surface area contributed by atoms with Crippen LogP contribution in [0.4, 0.5) is 14.5 Å². The first-order valence-electron chi connectivity index (χ1n) is 8.81. The van der Waals surface area contributed by atoms with Crippen LogP contribution < -0.4 is 4.31 Å². The first-order chi connectivity index (χ1) is 12.6. The zero-order valence-corrected chi connectivity index (χ0v) is 16.6. The Bertz CT molecular complexity index is 946. The predicted molar refractivity (Wildman–Crippen MR) is 100 cm³/mol. The first kappa shape index (κ1) is 19.8. The average molecular weight is 395 g/mol. The Hall–Kier alpha value is -1.99. The van der Waals surface area contributed by atoms with Crippen LogP contribution >= 0.6 is 0 Å². The molecule has 1 saturated heterocycles. The van der Waals surface area contributed by atoms with Crippen LogP contribution in [0.3, 0.4) is 0 Å². The standard InChI is InChI=1S/C20H23F2NO3S/c1-12(2)10-23(18-6-5-13(3)7-14(18)4)27(24,25)15-8-16(21)20(17(22)9-15)19-11-26-19/h5-9,12,19H,10-11H2,1-4H3. The molecule has 0 amide bonds. The number of ether oxygens (including phenoxy) is 1. The van der Waals surface area contributed by atoms with Gasteiger partial charge in [0.2, 0.25) is 0 Å². The van der Waals surface area contributed by atoms with Gasteiger partial charge < -0.3 is 4.74 Å². The van der Waals surface area contributed by atoms with Gasteiger partial charge in [0.05, 0.1) is 22.8 Å². The van der Waals surface area contributed by atoms with Gasteiger partial charge in [-0.05, 0) is 43.5 Å². The quantitative estimate of drug-likeness (QED) is 0.677. The van der Waals surface area contributed by atoms with E-state index in [9.17, 15) is 17.2 Å². The minimum atomic E-state index is -4.14. The molecule has 0 bridgehead atoms. The Morgan fingerprint density at radius 3 is 2.22 bits per heavy atom. The van der Waals surface area contributed by atoms with E-state index >= 15 is 0 Å². The van der Waals surface area contributed by atoms with E-state index in [1.165, 1.54) is 4.31 Å². The molecule has 2 aromatic rings. The summed E-state index contributed by atoms with van der Waals surface area (Å²) in [7, 11) is -4.14. The minimum absolute atomic E-state index is 0.0225. The molecule has 1 atom stereocenters. The van der Waals surface area contributed by atoms with Gasteiger partial charge in [-0.1, -0.05) is 31.5 Å². The molecule has 146 valence electrons. The smallest absolute Gasteiger partial charge is 0.264 e. The normalized spacial score (nSPS) is 16.6. The number of rotatable bonds is 6. The lowest BCUT2D eigenvalue weighted by molar-refractivity contribution is 0.397. The van der Waals surface area contributed by atoms with Crippen LogP contribution in [-0.2, 0) is 14.8 Å². The second-order valence-corrected chi connectivity index (χ2v) is 9.20. The van der Waals surface area contributed by atoms with Crippen molar-refractivity contribution in [2.45, 2.75) is 38.7 Å². The molecule has 0 N–H and O–H groups in total. The van der Waals surface area contributed by atoms with Gasteiger partial charge in [0.15, 0.2) is 0 Å². The summed E-state index contributed by atoms with van der Waals surface area (Å²) in [6.07, 6.45) is -0.632. The molecular formula is C20H23F2NO3S. The zero-order chi connectivity index (χ0) is 19.9. The van der Waals surface area contributed by atoms with Crippen LogP contribution in [0.5, 0.6) is 0 Å². The van der Waals surface area contributed by atoms with Crippen molar-refractivity contribution in [3.05, 3.63) is 58.7 Å². The third-order valence-corrected chi connectivity index (χ3v) is 6.21. The topological polar surface area (TPSA) is 49.9 Å². The van der Waals surface area contributed by atoms with Crippen LogP contribution in [0, 0.1) is 31.4 Å². The third-order valence-electron chi connectivity index (χ3n) is 4.45. The Balaban J connectivity index is 2.10. The van der Waals surface area contributed by atoms with Crippen LogP contribution in [0.15, 0.2) is 35.2 Å². The van der Waals surface area contributed by atoms with Gasteiger partial charge in [-0.3, -0.25) is 4.31 Å². The average Bonchev–Trinajstić information content (AvgIpc) is 3.37. The lowest BCUT2D eigenvalue weighted by Gasteiger charge is -2.28. The monoisotopic (exact) mass is 395 g/mol. The fourth-order valence-electron chi connectivity index (χ4n) is 3.10. The van der Waals surface area contributed by atoms with E-state index in [0.29, 0.717) is 5.69 Å². The van der Waals surface area contributed by atoms with Crippen molar-refractivity contribution >= 4 is 15.7 Å². The van der Waals surface area contributed by atoms with Gasteiger partial charge in [0, 0.05) is 6.54 Å². The molecule has 0 saturated carbocycles. The summed E-state index contributed by atoms with van der Waals surface area (Å²) in [6, 6.07) is 7.19. The molecule has 2 aromatic carbocycles. The largest absolute Gasteiger partial charge is 0.368 e. The molecule has 0 aliphatic carbocycles. The van der Waals surface area contributed by atoms with E-state index in [1.807, 2.05) is 39.8 Å². The van der Waals surface area contributed by atoms with Gasteiger partial charge in [-0.25, -0.2) is 17.2 Å². The molecule has 3 rings (SSSR count). The van der Waals surface area contributed by atoms with Gasteiger partial charge >= 0.3 is 0 Å². The SMILES string of the molecule is Cc1ccc(N(CC(C)C)S(=O)(=O)c2cc(F)c(C3CO3)c(F)c2)c(C)c1. The van der Waals surface area contributed by atoms with Gasteiger partial charge in [0.1, 0.15) is 17.7 Å². The lowest BCUT2D eigenvalue weighted by Crippen LogP contribution is -2.35. The van der Waals surface area contributed by atoms with Crippen molar-refractivity contribution in [1.82, 2.24) is 0 Å². The molecule has 0 radical (unpaired) electrons. The second-order valence-electron chi connectivity index (χ2n) is 7.34. The van der Waals surface area contributed by atoms with Crippen molar-refractivity contribution in [3.63, 3.8) is 0 Å². The molecule has 1 fully saturated rings. The first-order valence-corrected chi connectivity index (χ1v) is 10.3. The molecule has 1 aliphatic rings. The molecule has 0 spiro atoms. The minimum Gasteiger partial charge on any atom is -0.368 e. The van der Waals surface area contributed by atoms with E-state index in [1.54, 1.807) is 6.07 Å². The third kappa shape index (κ3) is 3.99. The van der Waals surface area contributed by atoms with Crippen LogP contribution in [0.25, 0.3) is 0 Å². The number of sulfonamides is 1. The maximum absolute atomic E-state index is 14.4. The van der Waals surface area contributed by atoms with E-state index in [0.717, 1.165) is 23.3 Å². The van der Waals surface area contributed by atoms with Crippen molar-refractivity contribution in [2.24, 2.45) is 5.92 Å². The van der Waals surface area contributed by atoms with Crippen molar-refractivity contribution in [3.8, 4) is 0 Å². The number of epoxide rings is 1. The molecule has 1 aliphatic heterocycles. The molecular weight excluding hydrogens is 372 g/mol. The maximum Gasteiger partial charge on any atom is 0.264 e. The number of hydrogen-bond donors (Lipinski definition) is 0. The molecule has 0 aromatic heterocycles. The Morgan fingerprint density at radius 2 is 1.74 bits per heavy atom. The Labute approximate surface area is 158 Å². The number of aryl methyl sites for hydroxylation is 2. The van der Waals surface area contributed by atoms with Gasteiger partial charge in [-0.2, -0.15) is 0 Å². The van der Waals surface area contributed by atoms with Crippen LogP contribution in [0.1, 0.15) is 36.6 Å². The second kappa shape index (κ2) is 7.20. The van der Waals surface area contributed by atoms with E-state index in [4.69, 9.17) is 4.74 Å². The van der Waals surface area contributed by atoms with Gasteiger partial charge in [-0.15, -0.1) is 0 Å². The number of anilines is 1. The highest BCUT2D eigenvalue weighted by molar-refractivity contribution is 7.92. The van der Waals surface area contributed by atoms with E-state index in [2.05, 4.69) is 0 Å². The highest BCUT2D eigenvalue weighted by Gasteiger charge is 2.34. The van der Waals surface area contributed by atoms with Crippen molar-refractivity contribution in [2.75, 3.05) is 17.5 Å². The highest BCUT2D eigenvalue weighted by atomic mass is 32.2. The molecule has 1 unspecified atom stereocenters. The summed E-state index contributed by atoms with van der Waals surface area (Å²) >= 11 is 0. The fraction of sp³-hybridized carbons (Fsp3) is 0.400. The summed E-state index contributed by atoms with van der Waals surface area (Å²) in [6.45, 7) is 7.95. The number of halogens is 2. The van der Waals surface area contributed by atoms with Gasteiger partial charge in [0.25, 0.3) is 10.0 Å². The van der Waals surface area contributed by atoms with Crippen molar-refractivity contribution in [1.29, 1.82) is 0 Å².